The number of benzene rings is 1. The van der Waals surface area contributed by atoms with E-state index in [1.807, 2.05) is 29.6 Å². The smallest absolute Gasteiger partial charge is 0.252 e. The monoisotopic (exact) mass is 277 g/mol. The summed E-state index contributed by atoms with van der Waals surface area (Å²) in [6, 6.07) is 7.90. The standard InChI is InChI=1S/C14H15NO3S/c16-14(15-8-13-17-6-3-7-18-13)11-9-19-12-5-2-1-4-10(11)12/h1-2,4-5,9,13H,3,6-8H2,(H,15,16). The zero-order chi connectivity index (χ0) is 13.1. The molecular formula is C14H15NO3S. The Hall–Kier alpha value is -1.43. The van der Waals surface area contributed by atoms with Gasteiger partial charge in [-0.15, -0.1) is 11.3 Å². The molecule has 1 fully saturated rings. The molecule has 0 unspecified atom stereocenters. The maximum Gasteiger partial charge on any atom is 0.252 e. The van der Waals surface area contributed by atoms with E-state index in [0.29, 0.717) is 19.8 Å². The first-order valence-electron chi connectivity index (χ1n) is 6.32. The summed E-state index contributed by atoms with van der Waals surface area (Å²) in [4.78, 5) is 12.1. The fourth-order valence-corrected chi connectivity index (χ4v) is 3.02. The van der Waals surface area contributed by atoms with Crippen LogP contribution < -0.4 is 5.32 Å². The van der Waals surface area contributed by atoms with Crippen molar-refractivity contribution in [1.82, 2.24) is 5.32 Å². The van der Waals surface area contributed by atoms with E-state index in [9.17, 15) is 4.79 Å². The Morgan fingerprint density at radius 1 is 1.32 bits per heavy atom. The van der Waals surface area contributed by atoms with Crippen LogP contribution in [0.5, 0.6) is 0 Å². The lowest BCUT2D eigenvalue weighted by Crippen LogP contribution is -2.37. The van der Waals surface area contributed by atoms with Crippen LogP contribution in [0.2, 0.25) is 0 Å². The van der Waals surface area contributed by atoms with Gasteiger partial charge in [0.1, 0.15) is 0 Å². The van der Waals surface area contributed by atoms with Crippen molar-refractivity contribution in [2.75, 3.05) is 19.8 Å². The number of rotatable bonds is 3. The van der Waals surface area contributed by atoms with Gasteiger partial charge >= 0.3 is 0 Å². The molecule has 1 aromatic heterocycles. The molecule has 1 aromatic carbocycles. The van der Waals surface area contributed by atoms with Crippen LogP contribution in [0.1, 0.15) is 16.8 Å². The van der Waals surface area contributed by atoms with Gasteiger partial charge in [0.05, 0.1) is 25.3 Å². The molecule has 1 saturated heterocycles. The quantitative estimate of drug-likeness (QED) is 0.937. The summed E-state index contributed by atoms with van der Waals surface area (Å²) < 4.78 is 11.9. The Morgan fingerprint density at radius 2 is 2.11 bits per heavy atom. The summed E-state index contributed by atoms with van der Waals surface area (Å²) in [5.41, 5.74) is 0.719. The second-order valence-electron chi connectivity index (χ2n) is 4.38. The third-order valence-electron chi connectivity index (χ3n) is 3.05. The summed E-state index contributed by atoms with van der Waals surface area (Å²) in [5, 5.41) is 5.75. The zero-order valence-electron chi connectivity index (χ0n) is 10.4. The average Bonchev–Trinajstić information content (AvgIpc) is 2.90. The number of carbonyl (C=O) groups excluding carboxylic acids is 1. The molecule has 4 nitrogen and oxygen atoms in total. The molecule has 2 aromatic rings. The van der Waals surface area contributed by atoms with Crippen LogP contribution in [0, 0.1) is 0 Å². The van der Waals surface area contributed by atoms with Gasteiger partial charge in [0.2, 0.25) is 0 Å². The van der Waals surface area contributed by atoms with Crippen molar-refractivity contribution in [3.05, 3.63) is 35.2 Å². The minimum absolute atomic E-state index is 0.0739. The molecular weight excluding hydrogens is 262 g/mol. The fraction of sp³-hybridized carbons (Fsp3) is 0.357. The van der Waals surface area contributed by atoms with Gasteiger partial charge in [-0.3, -0.25) is 4.79 Å². The van der Waals surface area contributed by atoms with Crippen LogP contribution in [0.4, 0.5) is 0 Å². The van der Waals surface area contributed by atoms with Gasteiger partial charge in [-0.2, -0.15) is 0 Å². The van der Waals surface area contributed by atoms with Crippen molar-refractivity contribution in [3.8, 4) is 0 Å². The summed E-state index contributed by atoms with van der Waals surface area (Å²) in [5.74, 6) is -0.0739. The maximum absolute atomic E-state index is 12.1. The molecule has 1 aliphatic rings. The van der Waals surface area contributed by atoms with Gasteiger partial charge in [-0.25, -0.2) is 0 Å². The molecule has 3 rings (SSSR count). The highest BCUT2D eigenvalue weighted by Crippen LogP contribution is 2.25. The number of amides is 1. The molecule has 0 radical (unpaired) electrons. The molecule has 0 saturated carbocycles. The number of nitrogens with one attached hydrogen (secondary N) is 1. The summed E-state index contributed by atoms with van der Waals surface area (Å²) >= 11 is 1.58. The lowest BCUT2D eigenvalue weighted by atomic mass is 10.1. The molecule has 2 heterocycles. The van der Waals surface area contributed by atoms with E-state index in [0.717, 1.165) is 22.1 Å². The third kappa shape index (κ3) is 2.78. The van der Waals surface area contributed by atoms with Crippen molar-refractivity contribution < 1.29 is 14.3 Å². The Balaban J connectivity index is 1.66. The Morgan fingerprint density at radius 3 is 2.95 bits per heavy atom. The Labute approximate surface area is 115 Å². The van der Waals surface area contributed by atoms with Crippen molar-refractivity contribution >= 4 is 27.3 Å². The molecule has 5 heteroatoms. The molecule has 1 N–H and O–H groups in total. The van der Waals surface area contributed by atoms with Gasteiger partial charge < -0.3 is 14.8 Å². The largest absolute Gasteiger partial charge is 0.351 e. The molecule has 100 valence electrons. The number of ether oxygens (including phenoxy) is 2. The molecule has 0 atom stereocenters. The lowest BCUT2D eigenvalue weighted by Gasteiger charge is -2.23. The number of carbonyl (C=O) groups is 1. The van der Waals surface area contributed by atoms with Crippen LogP contribution in [-0.2, 0) is 9.47 Å². The second kappa shape index (κ2) is 5.69. The second-order valence-corrected chi connectivity index (χ2v) is 5.29. The van der Waals surface area contributed by atoms with Crippen LogP contribution >= 0.6 is 11.3 Å². The van der Waals surface area contributed by atoms with Gasteiger partial charge in [-0.05, 0) is 12.5 Å². The van der Waals surface area contributed by atoms with Crippen LogP contribution in [-0.4, -0.2) is 32.0 Å². The topological polar surface area (TPSA) is 47.6 Å². The van der Waals surface area contributed by atoms with Crippen molar-refractivity contribution in [1.29, 1.82) is 0 Å². The molecule has 1 aliphatic heterocycles. The number of thiophene rings is 1. The molecule has 19 heavy (non-hydrogen) atoms. The van der Waals surface area contributed by atoms with E-state index in [4.69, 9.17) is 9.47 Å². The summed E-state index contributed by atoms with van der Waals surface area (Å²) in [6.07, 6.45) is 0.599. The average molecular weight is 277 g/mol. The molecule has 0 bridgehead atoms. The molecule has 0 spiro atoms. The van der Waals surface area contributed by atoms with Crippen LogP contribution in [0.3, 0.4) is 0 Å². The first kappa shape index (κ1) is 12.6. The first-order valence-corrected chi connectivity index (χ1v) is 7.20. The van der Waals surface area contributed by atoms with E-state index >= 15 is 0 Å². The van der Waals surface area contributed by atoms with Crippen LogP contribution in [0.25, 0.3) is 10.1 Å². The fourth-order valence-electron chi connectivity index (χ4n) is 2.08. The normalized spacial score (nSPS) is 16.6. The van der Waals surface area contributed by atoms with Gasteiger partial charge in [0, 0.05) is 15.5 Å². The van der Waals surface area contributed by atoms with Gasteiger partial charge in [0.25, 0.3) is 5.91 Å². The molecule has 0 aliphatic carbocycles. The van der Waals surface area contributed by atoms with Crippen molar-refractivity contribution in [3.63, 3.8) is 0 Å². The lowest BCUT2D eigenvalue weighted by molar-refractivity contribution is -0.174. The van der Waals surface area contributed by atoms with E-state index in [1.165, 1.54) is 0 Å². The zero-order valence-corrected chi connectivity index (χ0v) is 11.2. The number of hydrogen-bond donors (Lipinski definition) is 1. The van der Waals surface area contributed by atoms with Crippen molar-refractivity contribution in [2.24, 2.45) is 0 Å². The number of fused-ring (bicyclic) bond motifs is 1. The predicted octanol–water partition coefficient (Wildman–Crippen LogP) is 2.39. The van der Waals surface area contributed by atoms with Crippen molar-refractivity contribution in [2.45, 2.75) is 12.7 Å². The van der Waals surface area contributed by atoms with E-state index in [-0.39, 0.29) is 12.2 Å². The maximum atomic E-state index is 12.1. The minimum atomic E-state index is -0.317. The van der Waals surface area contributed by atoms with Gasteiger partial charge in [0.15, 0.2) is 6.29 Å². The summed E-state index contributed by atoms with van der Waals surface area (Å²) in [7, 11) is 0. The third-order valence-corrected chi connectivity index (χ3v) is 4.01. The Kier molecular flexibility index (Phi) is 3.77. The first-order chi connectivity index (χ1) is 9.34. The summed E-state index contributed by atoms with van der Waals surface area (Å²) in [6.45, 7) is 1.78. The van der Waals surface area contributed by atoms with E-state index in [2.05, 4.69) is 5.32 Å². The highest BCUT2D eigenvalue weighted by molar-refractivity contribution is 7.17. The SMILES string of the molecule is O=C(NCC1OCCCO1)c1csc2ccccc12. The minimum Gasteiger partial charge on any atom is -0.351 e. The van der Waals surface area contributed by atoms with E-state index < -0.39 is 0 Å². The van der Waals surface area contributed by atoms with E-state index in [1.54, 1.807) is 11.3 Å². The van der Waals surface area contributed by atoms with Crippen LogP contribution in [0.15, 0.2) is 29.6 Å². The molecule has 1 amide bonds. The number of hydrogen-bond acceptors (Lipinski definition) is 4. The Bertz CT molecular complexity index is 575. The predicted molar refractivity (Wildman–Crippen MR) is 74.5 cm³/mol. The van der Waals surface area contributed by atoms with Gasteiger partial charge in [-0.1, -0.05) is 18.2 Å². The highest BCUT2D eigenvalue weighted by Gasteiger charge is 2.17. The highest BCUT2D eigenvalue weighted by atomic mass is 32.1.